The molecular weight excluding hydrogens is 376 g/mol. The van der Waals surface area contributed by atoms with Crippen molar-refractivity contribution in [3.63, 3.8) is 0 Å². The van der Waals surface area contributed by atoms with E-state index in [0.717, 1.165) is 75.0 Å². The van der Waals surface area contributed by atoms with Gasteiger partial charge in [-0.25, -0.2) is 4.99 Å². The van der Waals surface area contributed by atoms with Crippen LogP contribution in [0.4, 0.5) is 0 Å². The quantitative estimate of drug-likeness (QED) is 0.508. The van der Waals surface area contributed by atoms with Gasteiger partial charge in [-0.2, -0.15) is 0 Å². The first kappa shape index (κ1) is 22.3. The third-order valence-corrected chi connectivity index (χ3v) is 6.11. The van der Waals surface area contributed by atoms with Crippen LogP contribution in [0, 0.1) is 6.92 Å². The molecular formula is C24H36N4O2. The van der Waals surface area contributed by atoms with Crippen LogP contribution >= 0.6 is 0 Å². The molecule has 2 heterocycles. The highest BCUT2D eigenvalue weighted by atomic mass is 16.5. The lowest BCUT2D eigenvalue weighted by Gasteiger charge is -2.39. The summed E-state index contributed by atoms with van der Waals surface area (Å²) in [6.45, 7) is 12.3. The van der Waals surface area contributed by atoms with E-state index in [1.165, 1.54) is 11.1 Å². The van der Waals surface area contributed by atoms with E-state index in [1.807, 2.05) is 0 Å². The van der Waals surface area contributed by atoms with E-state index in [-0.39, 0.29) is 5.41 Å². The third kappa shape index (κ3) is 5.04. The highest BCUT2D eigenvalue weighted by Crippen LogP contribution is 2.36. The Morgan fingerprint density at radius 1 is 1.10 bits per heavy atom. The topological polar surface area (TPSA) is 71.7 Å². The molecule has 3 rings (SSSR count). The van der Waals surface area contributed by atoms with Gasteiger partial charge in [0, 0.05) is 43.7 Å². The Bertz CT molecular complexity index is 816. The van der Waals surface area contributed by atoms with Gasteiger partial charge in [-0.3, -0.25) is 0 Å². The van der Waals surface area contributed by atoms with E-state index in [9.17, 15) is 0 Å². The molecule has 1 fully saturated rings. The minimum Gasteiger partial charge on any atom is -0.381 e. The molecule has 30 heavy (non-hydrogen) atoms. The van der Waals surface area contributed by atoms with Crippen LogP contribution in [0.5, 0.6) is 0 Å². The third-order valence-electron chi connectivity index (χ3n) is 6.11. The molecule has 2 aromatic rings. The van der Waals surface area contributed by atoms with Crippen LogP contribution in [0.2, 0.25) is 0 Å². The van der Waals surface area contributed by atoms with Crippen molar-refractivity contribution in [2.24, 2.45) is 4.99 Å². The van der Waals surface area contributed by atoms with E-state index in [1.54, 1.807) is 0 Å². The highest BCUT2D eigenvalue weighted by molar-refractivity contribution is 5.80. The van der Waals surface area contributed by atoms with Gasteiger partial charge in [0.1, 0.15) is 5.76 Å². The molecule has 1 aliphatic rings. The van der Waals surface area contributed by atoms with Crippen LogP contribution < -0.4 is 10.6 Å². The van der Waals surface area contributed by atoms with Crippen molar-refractivity contribution >= 4 is 5.96 Å². The van der Waals surface area contributed by atoms with Gasteiger partial charge in [-0.1, -0.05) is 43.3 Å². The number of aryl methyl sites for hydroxylation is 3. The second-order valence-electron chi connectivity index (χ2n) is 7.99. The smallest absolute Gasteiger partial charge is 0.191 e. The second-order valence-corrected chi connectivity index (χ2v) is 7.99. The summed E-state index contributed by atoms with van der Waals surface area (Å²) in [7, 11) is 0. The fourth-order valence-electron chi connectivity index (χ4n) is 4.34. The molecule has 1 saturated heterocycles. The van der Waals surface area contributed by atoms with Crippen LogP contribution in [0.15, 0.2) is 33.8 Å². The van der Waals surface area contributed by atoms with E-state index < -0.39 is 0 Å². The molecule has 0 unspecified atom stereocenters. The fourth-order valence-corrected chi connectivity index (χ4v) is 4.34. The minimum atomic E-state index is 0.0557. The Kier molecular flexibility index (Phi) is 7.91. The normalized spacial score (nSPS) is 16.5. The monoisotopic (exact) mass is 412 g/mol. The lowest BCUT2D eigenvalue weighted by molar-refractivity contribution is 0.0512. The van der Waals surface area contributed by atoms with Crippen molar-refractivity contribution in [1.82, 2.24) is 15.8 Å². The Morgan fingerprint density at radius 2 is 1.87 bits per heavy atom. The summed E-state index contributed by atoms with van der Waals surface area (Å²) >= 11 is 0. The Labute approximate surface area is 180 Å². The average molecular weight is 413 g/mol. The van der Waals surface area contributed by atoms with Crippen LogP contribution in [-0.4, -0.2) is 37.4 Å². The zero-order valence-electron chi connectivity index (χ0n) is 18.9. The number of guanidine groups is 1. The van der Waals surface area contributed by atoms with Crippen LogP contribution in [-0.2, 0) is 29.5 Å². The van der Waals surface area contributed by atoms with Crippen LogP contribution in [0.1, 0.15) is 61.8 Å². The Hall–Kier alpha value is -2.34. The first-order valence-electron chi connectivity index (χ1n) is 11.3. The molecule has 0 spiro atoms. The first-order chi connectivity index (χ1) is 14.6. The number of ether oxygens (including phenoxy) is 1. The molecule has 6 nitrogen and oxygen atoms in total. The fraction of sp³-hybridized carbons (Fsp3) is 0.583. The Morgan fingerprint density at radius 3 is 2.53 bits per heavy atom. The maximum Gasteiger partial charge on any atom is 0.191 e. The SMILES string of the molecule is CCNC(=NCc1c(CC)noc1CC)NCC1(c2ccccc2C)CCOCC1. The van der Waals surface area contributed by atoms with Gasteiger partial charge in [0.25, 0.3) is 0 Å². The minimum absolute atomic E-state index is 0.0557. The average Bonchev–Trinajstić information content (AvgIpc) is 3.18. The summed E-state index contributed by atoms with van der Waals surface area (Å²) in [6.07, 6.45) is 3.71. The molecule has 0 aliphatic carbocycles. The predicted molar refractivity (Wildman–Crippen MR) is 121 cm³/mol. The largest absolute Gasteiger partial charge is 0.381 e. The van der Waals surface area contributed by atoms with E-state index in [0.29, 0.717) is 6.54 Å². The van der Waals surface area contributed by atoms with Crippen molar-refractivity contribution in [1.29, 1.82) is 0 Å². The molecule has 1 aromatic heterocycles. The van der Waals surface area contributed by atoms with E-state index in [2.05, 4.69) is 67.8 Å². The number of nitrogens with zero attached hydrogens (tertiary/aromatic N) is 2. The number of nitrogens with one attached hydrogen (secondary N) is 2. The lowest BCUT2D eigenvalue weighted by Crippen LogP contribution is -2.48. The van der Waals surface area contributed by atoms with E-state index in [4.69, 9.17) is 14.3 Å². The van der Waals surface area contributed by atoms with Gasteiger partial charge in [0.15, 0.2) is 5.96 Å². The summed E-state index contributed by atoms with van der Waals surface area (Å²) in [5, 5.41) is 11.2. The molecule has 0 atom stereocenters. The molecule has 0 bridgehead atoms. The highest BCUT2D eigenvalue weighted by Gasteiger charge is 2.35. The van der Waals surface area contributed by atoms with Crippen LogP contribution in [0.25, 0.3) is 0 Å². The maximum absolute atomic E-state index is 5.70. The molecule has 0 amide bonds. The predicted octanol–water partition coefficient (Wildman–Crippen LogP) is 3.91. The molecule has 0 saturated carbocycles. The molecule has 6 heteroatoms. The van der Waals surface area contributed by atoms with Gasteiger partial charge in [-0.15, -0.1) is 0 Å². The van der Waals surface area contributed by atoms with Crippen molar-refractivity contribution in [2.75, 3.05) is 26.3 Å². The number of benzene rings is 1. The van der Waals surface area contributed by atoms with Gasteiger partial charge in [0.2, 0.25) is 0 Å². The molecule has 2 N–H and O–H groups in total. The summed E-state index contributed by atoms with van der Waals surface area (Å²) in [6, 6.07) is 8.73. The number of hydrogen-bond donors (Lipinski definition) is 2. The number of rotatable bonds is 8. The summed E-state index contributed by atoms with van der Waals surface area (Å²) in [4.78, 5) is 4.87. The van der Waals surface area contributed by atoms with Crippen molar-refractivity contribution in [3.8, 4) is 0 Å². The van der Waals surface area contributed by atoms with Crippen molar-refractivity contribution in [3.05, 3.63) is 52.4 Å². The summed E-state index contributed by atoms with van der Waals surface area (Å²) in [5.74, 6) is 1.77. The molecule has 1 aromatic carbocycles. The number of hydrogen-bond acceptors (Lipinski definition) is 4. The zero-order valence-corrected chi connectivity index (χ0v) is 18.9. The number of aliphatic imine (C=N–C) groups is 1. The molecule has 0 radical (unpaired) electrons. The zero-order chi connectivity index (χ0) is 21.4. The second kappa shape index (κ2) is 10.6. The van der Waals surface area contributed by atoms with E-state index >= 15 is 0 Å². The number of aromatic nitrogens is 1. The summed E-state index contributed by atoms with van der Waals surface area (Å²) in [5.41, 5.74) is 4.94. The van der Waals surface area contributed by atoms with Crippen molar-refractivity contribution in [2.45, 2.75) is 65.3 Å². The van der Waals surface area contributed by atoms with Crippen molar-refractivity contribution < 1.29 is 9.26 Å². The van der Waals surface area contributed by atoms with Crippen LogP contribution in [0.3, 0.4) is 0 Å². The molecule has 1 aliphatic heterocycles. The lowest BCUT2D eigenvalue weighted by atomic mass is 9.72. The van der Waals surface area contributed by atoms with Gasteiger partial charge >= 0.3 is 0 Å². The standard InChI is InChI=1S/C24H36N4O2/c1-5-21-19(22(6-2)30-28-21)16-26-23(25-7-3)27-17-24(12-14-29-15-13-24)20-11-9-8-10-18(20)4/h8-11H,5-7,12-17H2,1-4H3,(H2,25,26,27). The Balaban J connectivity index is 1.79. The maximum atomic E-state index is 5.70. The van der Waals surface area contributed by atoms with Gasteiger partial charge < -0.3 is 19.9 Å². The first-order valence-corrected chi connectivity index (χ1v) is 11.3. The molecule has 164 valence electrons. The van der Waals surface area contributed by atoms with Gasteiger partial charge in [-0.05, 0) is 44.2 Å². The summed E-state index contributed by atoms with van der Waals surface area (Å²) < 4.78 is 11.2. The van der Waals surface area contributed by atoms with Gasteiger partial charge in [0.05, 0.1) is 12.2 Å².